The Morgan fingerprint density at radius 2 is 2.12 bits per heavy atom. The van der Waals surface area contributed by atoms with Crippen molar-refractivity contribution in [2.24, 2.45) is 5.73 Å². The zero-order valence-corrected chi connectivity index (χ0v) is 10.4. The molecule has 1 aromatic rings. The fourth-order valence-electron chi connectivity index (χ4n) is 1.68. The highest BCUT2D eigenvalue weighted by molar-refractivity contribution is 5.73. The summed E-state index contributed by atoms with van der Waals surface area (Å²) in [5.74, 6) is -0.234. The smallest absolute Gasteiger partial charge is 0.217 e. The highest BCUT2D eigenvalue weighted by atomic mass is 16.1. The van der Waals surface area contributed by atoms with Crippen molar-refractivity contribution in [3.8, 4) is 0 Å². The topological polar surface area (TPSA) is 80.9 Å². The summed E-state index contributed by atoms with van der Waals surface area (Å²) in [4.78, 5) is 19.1. The average Bonchev–Trinajstić information content (AvgIpc) is 2.28. The summed E-state index contributed by atoms with van der Waals surface area (Å²) in [6, 6.07) is 0.178. The van der Waals surface area contributed by atoms with Crippen molar-refractivity contribution >= 4 is 5.91 Å². The second-order valence-electron chi connectivity index (χ2n) is 4.13. The molecule has 5 heteroatoms. The van der Waals surface area contributed by atoms with Crippen LogP contribution in [0.25, 0.3) is 0 Å². The fourth-order valence-corrected chi connectivity index (χ4v) is 1.68. The fraction of sp³-hybridized carbons (Fsp3) is 0.583. The van der Waals surface area contributed by atoms with E-state index in [9.17, 15) is 4.79 Å². The summed E-state index contributed by atoms with van der Waals surface area (Å²) in [6.07, 6.45) is 5.62. The quantitative estimate of drug-likeness (QED) is 0.694. The largest absolute Gasteiger partial charge is 0.370 e. The molecule has 1 atom stereocenters. The summed E-state index contributed by atoms with van der Waals surface area (Å²) in [5.41, 5.74) is 6.99. The van der Waals surface area contributed by atoms with Gasteiger partial charge in [0.15, 0.2) is 0 Å². The number of nitrogens with two attached hydrogens (primary N) is 1. The van der Waals surface area contributed by atoms with E-state index >= 15 is 0 Å². The number of carbonyl (C=O) groups is 1. The van der Waals surface area contributed by atoms with Crippen LogP contribution in [0.3, 0.4) is 0 Å². The zero-order valence-electron chi connectivity index (χ0n) is 10.4. The Bertz CT molecular complexity index is 367. The molecule has 0 aliphatic rings. The van der Waals surface area contributed by atoms with Crippen LogP contribution in [0, 0.1) is 6.92 Å². The molecule has 1 amide bonds. The van der Waals surface area contributed by atoms with E-state index in [1.54, 1.807) is 12.4 Å². The molecule has 0 saturated heterocycles. The van der Waals surface area contributed by atoms with Gasteiger partial charge in [0.2, 0.25) is 5.91 Å². The summed E-state index contributed by atoms with van der Waals surface area (Å²) in [6.45, 7) is 4.86. The van der Waals surface area contributed by atoms with Crippen LogP contribution >= 0.6 is 0 Å². The lowest BCUT2D eigenvalue weighted by atomic mass is 10.1. The third-order valence-electron chi connectivity index (χ3n) is 2.63. The number of primary amides is 1. The van der Waals surface area contributed by atoms with E-state index < -0.39 is 0 Å². The molecule has 1 rings (SSSR count). The van der Waals surface area contributed by atoms with Crippen molar-refractivity contribution in [3.05, 3.63) is 23.8 Å². The molecule has 5 nitrogen and oxygen atoms in total. The Labute approximate surface area is 102 Å². The van der Waals surface area contributed by atoms with E-state index in [0.29, 0.717) is 6.42 Å². The molecule has 17 heavy (non-hydrogen) atoms. The SMILES string of the molecule is Cc1nccnc1C(C)NCCCCC(N)=O. The number of nitrogens with one attached hydrogen (secondary N) is 1. The van der Waals surface area contributed by atoms with Crippen LogP contribution in [-0.4, -0.2) is 22.4 Å². The molecule has 94 valence electrons. The molecule has 0 aromatic carbocycles. The molecular weight excluding hydrogens is 216 g/mol. The molecular formula is C12H20N4O. The van der Waals surface area contributed by atoms with Gasteiger partial charge in [0.1, 0.15) is 0 Å². The Morgan fingerprint density at radius 1 is 1.41 bits per heavy atom. The molecule has 0 saturated carbocycles. The van der Waals surface area contributed by atoms with E-state index in [2.05, 4.69) is 22.2 Å². The molecule has 3 N–H and O–H groups in total. The van der Waals surface area contributed by atoms with Crippen LogP contribution in [0.4, 0.5) is 0 Å². The van der Waals surface area contributed by atoms with Crippen molar-refractivity contribution in [2.45, 2.75) is 39.2 Å². The number of unbranched alkanes of at least 4 members (excludes halogenated alkanes) is 1. The molecule has 0 aliphatic carbocycles. The summed E-state index contributed by atoms with van der Waals surface area (Å²) < 4.78 is 0. The molecule has 0 spiro atoms. The average molecular weight is 236 g/mol. The summed E-state index contributed by atoms with van der Waals surface area (Å²) >= 11 is 0. The van der Waals surface area contributed by atoms with E-state index in [4.69, 9.17) is 5.73 Å². The molecule has 1 unspecified atom stereocenters. The first kappa shape index (κ1) is 13.6. The van der Waals surface area contributed by atoms with Crippen molar-refractivity contribution in [2.75, 3.05) is 6.54 Å². The van der Waals surface area contributed by atoms with Gasteiger partial charge < -0.3 is 11.1 Å². The van der Waals surface area contributed by atoms with Gasteiger partial charge in [-0.15, -0.1) is 0 Å². The number of aromatic nitrogens is 2. The number of rotatable bonds is 7. The van der Waals surface area contributed by atoms with E-state index in [-0.39, 0.29) is 11.9 Å². The van der Waals surface area contributed by atoms with Gasteiger partial charge in [0, 0.05) is 24.9 Å². The minimum Gasteiger partial charge on any atom is -0.370 e. The van der Waals surface area contributed by atoms with Gasteiger partial charge >= 0.3 is 0 Å². The first-order valence-corrected chi connectivity index (χ1v) is 5.90. The van der Waals surface area contributed by atoms with Gasteiger partial charge in [-0.3, -0.25) is 14.8 Å². The van der Waals surface area contributed by atoms with Crippen LogP contribution in [0.5, 0.6) is 0 Å². The van der Waals surface area contributed by atoms with Crippen LogP contribution in [0.2, 0.25) is 0 Å². The van der Waals surface area contributed by atoms with Crippen LogP contribution in [-0.2, 0) is 4.79 Å². The lowest BCUT2D eigenvalue weighted by Crippen LogP contribution is -2.22. The first-order valence-electron chi connectivity index (χ1n) is 5.90. The Balaban J connectivity index is 2.28. The number of carbonyl (C=O) groups excluding carboxylic acids is 1. The molecule has 0 fully saturated rings. The van der Waals surface area contributed by atoms with Crippen LogP contribution in [0.15, 0.2) is 12.4 Å². The second kappa shape index (κ2) is 6.96. The normalized spacial score (nSPS) is 12.4. The van der Waals surface area contributed by atoms with E-state index in [1.807, 2.05) is 6.92 Å². The maximum Gasteiger partial charge on any atom is 0.217 e. The van der Waals surface area contributed by atoms with Crippen LogP contribution in [0.1, 0.15) is 43.6 Å². The minimum absolute atomic E-state index is 0.178. The number of hydrogen-bond donors (Lipinski definition) is 2. The van der Waals surface area contributed by atoms with Crippen molar-refractivity contribution in [3.63, 3.8) is 0 Å². The zero-order chi connectivity index (χ0) is 12.7. The van der Waals surface area contributed by atoms with Gasteiger partial charge in [-0.2, -0.15) is 0 Å². The Hall–Kier alpha value is -1.49. The minimum atomic E-state index is -0.234. The van der Waals surface area contributed by atoms with Gasteiger partial charge in [-0.05, 0) is 33.2 Å². The van der Waals surface area contributed by atoms with Crippen molar-refractivity contribution in [1.82, 2.24) is 15.3 Å². The predicted molar refractivity (Wildman–Crippen MR) is 66.2 cm³/mol. The molecule has 0 aliphatic heterocycles. The lowest BCUT2D eigenvalue weighted by molar-refractivity contribution is -0.118. The summed E-state index contributed by atoms with van der Waals surface area (Å²) in [5, 5.41) is 3.36. The van der Waals surface area contributed by atoms with Gasteiger partial charge in [-0.1, -0.05) is 0 Å². The van der Waals surface area contributed by atoms with Gasteiger partial charge in [0.25, 0.3) is 0 Å². The number of hydrogen-bond acceptors (Lipinski definition) is 4. The third kappa shape index (κ3) is 4.91. The second-order valence-corrected chi connectivity index (χ2v) is 4.13. The standard InChI is InChI=1S/C12H20N4O/c1-9(12-10(2)15-7-8-16-12)14-6-4-3-5-11(13)17/h7-9,14H,3-6H2,1-2H3,(H2,13,17). The van der Waals surface area contributed by atoms with Gasteiger partial charge in [0.05, 0.1) is 11.4 Å². The monoisotopic (exact) mass is 236 g/mol. The van der Waals surface area contributed by atoms with Crippen molar-refractivity contribution < 1.29 is 4.79 Å². The predicted octanol–water partition coefficient (Wildman–Crippen LogP) is 1.09. The number of nitrogens with zero attached hydrogens (tertiary/aromatic N) is 2. The van der Waals surface area contributed by atoms with Crippen molar-refractivity contribution in [1.29, 1.82) is 0 Å². The Kier molecular flexibility index (Phi) is 5.56. The number of aryl methyl sites for hydroxylation is 1. The highest BCUT2D eigenvalue weighted by Crippen LogP contribution is 2.11. The van der Waals surface area contributed by atoms with E-state index in [1.165, 1.54) is 0 Å². The molecule has 1 heterocycles. The van der Waals surface area contributed by atoms with Crippen LogP contribution < -0.4 is 11.1 Å². The Morgan fingerprint density at radius 3 is 2.76 bits per heavy atom. The summed E-state index contributed by atoms with van der Waals surface area (Å²) in [7, 11) is 0. The highest BCUT2D eigenvalue weighted by Gasteiger charge is 2.09. The number of amides is 1. The van der Waals surface area contributed by atoms with Gasteiger partial charge in [-0.25, -0.2) is 0 Å². The first-order chi connectivity index (χ1) is 8.11. The molecule has 0 bridgehead atoms. The van der Waals surface area contributed by atoms with E-state index in [0.717, 1.165) is 30.8 Å². The lowest BCUT2D eigenvalue weighted by Gasteiger charge is -2.14. The molecule has 0 radical (unpaired) electrons. The maximum atomic E-state index is 10.5. The maximum absolute atomic E-state index is 10.5. The third-order valence-corrected chi connectivity index (χ3v) is 2.63. The molecule has 1 aromatic heterocycles.